The summed E-state index contributed by atoms with van der Waals surface area (Å²) in [5, 5.41) is 8.57. The highest BCUT2D eigenvalue weighted by atomic mass is 32.1. The molecule has 3 aromatic heterocycles. The van der Waals surface area contributed by atoms with Gasteiger partial charge in [-0.05, 0) is 94.2 Å². The fourth-order valence-electron chi connectivity index (χ4n) is 10.5. The molecule has 61 heavy (non-hydrogen) atoms. The summed E-state index contributed by atoms with van der Waals surface area (Å²) in [6.45, 7) is 12.3. The van der Waals surface area contributed by atoms with Gasteiger partial charge in [-0.15, -0.1) is 11.3 Å². The number of carbonyl (C=O) groups excluding carboxylic acids is 3. The molecule has 9 heterocycles. The van der Waals surface area contributed by atoms with Gasteiger partial charge in [-0.25, -0.2) is 10.4 Å². The number of anilines is 1. The topological polar surface area (TPSA) is 143 Å². The normalized spacial score (nSPS) is 27.1. The van der Waals surface area contributed by atoms with E-state index in [9.17, 15) is 14.4 Å². The van der Waals surface area contributed by atoms with Gasteiger partial charge in [0.1, 0.15) is 17.7 Å². The monoisotopic (exact) mass is 850 g/mol. The van der Waals surface area contributed by atoms with Crippen molar-refractivity contribution in [3.63, 3.8) is 0 Å². The van der Waals surface area contributed by atoms with E-state index in [1.54, 1.807) is 7.11 Å². The molecule has 4 aromatic rings. The molecule has 2 amide bonds. The highest BCUT2D eigenvalue weighted by Gasteiger charge is 2.57. The molecule has 7 aliphatic rings. The summed E-state index contributed by atoms with van der Waals surface area (Å²) in [5.41, 5.74) is 11.6. The van der Waals surface area contributed by atoms with Crippen LogP contribution in [0.4, 0.5) is 5.69 Å². The van der Waals surface area contributed by atoms with Crippen LogP contribution >= 0.6 is 11.3 Å². The Bertz CT molecular complexity index is 2370. The minimum absolute atomic E-state index is 0.189. The second-order valence-corrected chi connectivity index (χ2v) is 20.0. The molecule has 1 saturated carbocycles. The Labute approximate surface area is 361 Å². The number of carbonyl (C=O) groups is 3. The Kier molecular flexibility index (Phi) is 10.5. The number of methoxy groups -OCH3 is 1. The second-order valence-electron chi connectivity index (χ2n) is 19.1. The molecule has 2 N–H and O–H groups in total. The predicted octanol–water partition coefficient (Wildman–Crippen LogP) is 5.06. The van der Waals surface area contributed by atoms with E-state index in [4.69, 9.17) is 24.2 Å². The number of rotatable bonds is 6. The van der Waals surface area contributed by atoms with Gasteiger partial charge in [0.15, 0.2) is 0 Å². The number of hydrazine groups is 1. The van der Waals surface area contributed by atoms with Crippen LogP contribution in [0.15, 0.2) is 29.8 Å². The van der Waals surface area contributed by atoms with Crippen molar-refractivity contribution in [3.8, 4) is 22.5 Å². The fourth-order valence-corrected chi connectivity index (χ4v) is 11.3. The highest BCUT2D eigenvalue weighted by Crippen LogP contribution is 2.49. The van der Waals surface area contributed by atoms with Crippen LogP contribution in [0.1, 0.15) is 80.8 Å². The van der Waals surface area contributed by atoms with E-state index in [2.05, 4.69) is 76.5 Å². The summed E-state index contributed by atoms with van der Waals surface area (Å²) in [5.74, 6) is -0.545. The number of amides is 2. The largest absolute Gasteiger partial charge is 0.464 e. The van der Waals surface area contributed by atoms with Gasteiger partial charge in [-0.3, -0.25) is 24.4 Å². The molecule has 324 valence electrons. The van der Waals surface area contributed by atoms with Crippen molar-refractivity contribution >= 4 is 45.7 Å². The first-order valence-corrected chi connectivity index (χ1v) is 23.0. The first kappa shape index (κ1) is 40.6. The number of nitrogens with zero attached hydrogens (tertiary/aromatic N) is 6. The summed E-state index contributed by atoms with van der Waals surface area (Å²) in [7, 11) is 3.91. The van der Waals surface area contributed by atoms with Crippen LogP contribution in [0.5, 0.6) is 0 Å². The van der Waals surface area contributed by atoms with E-state index >= 15 is 0 Å². The van der Waals surface area contributed by atoms with Gasteiger partial charge in [-0.2, -0.15) is 0 Å². The number of likely N-dealkylation sites (N-methyl/N-ethyl adjacent to an activating group) is 1. The molecule has 15 heteroatoms. The van der Waals surface area contributed by atoms with Crippen LogP contribution in [0.25, 0.3) is 33.4 Å². The smallest absolute Gasteiger partial charge is 0.324 e. The van der Waals surface area contributed by atoms with Gasteiger partial charge in [-0.1, -0.05) is 13.8 Å². The number of aromatic nitrogens is 3. The van der Waals surface area contributed by atoms with E-state index in [1.165, 1.54) is 33.0 Å². The number of esters is 1. The lowest BCUT2D eigenvalue weighted by atomic mass is 9.74. The Morgan fingerprint density at radius 2 is 1.90 bits per heavy atom. The fraction of sp³-hybridized carbons (Fsp3) is 0.587. The van der Waals surface area contributed by atoms with Crippen molar-refractivity contribution in [2.75, 3.05) is 65.0 Å². The second kappa shape index (κ2) is 15.7. The minimum atomic E-state index is -0.894. The zero-order valence-corrected chi connectivity index (χ0v) is 36.9. The average Bonchev–Trinajstić information content (AvgIpc) is 4.07. The van der Waals surface area contributed by atoms with E-state index in [-0.39, 0.29) is 36.9 Å². The minimum Gasteiger partial charge on any atom is -0.464 e. The number of cyclic esters (lactones) is 1. The molecule has 0 unspecified atom stereocenters. The molecular weight excluding hydrogens is 793 g/mol. The molecular formula is C46H58N8O6S. The average molecular weight is 851 g/mol. The third kappa shape index (κ3) is 7.43. The molecule has 5 fully saturated rings. The molecule has 8 bridgehead atoms. The predicted molar refractivity (Wildman–Crippen MR) is 233 cm³/mol. The Morgan fingerprint density at radius 1 is 1.08 bits per heavy atom. The van der Waals surface area contributed by atoms with Gasteiger partial charge in [0, 0.05) is 80.1 Å². The standard InChI is InChI=1S/C46H58N8O6S/c1-27(58-5)39-33(18-31(23-47-39)52-14-12-51(4)13-15-52)41-34-22-45(2,3)26-59-43(56)35-9-7-11-54(50-35)42(55)36(49-44(57)46-20-28(21-46)24-60-46)19-38-48-37(25-61-38)30-16-29-8-6-10-53(41)40(29)32(34)17-30/h16-18,23,25,27-28,35-36,50H,6-15,19-22,24,26H2,1-5H3,(H,49,57)/t27-,28?,35-,36-,46?/m0/s1. The number of aryl methyl sites for hydroxylation is 2. The van der Waals surface area contributed by atoms with Crippen LogP contribution in [-0.4, -0.2) is 120 Å². The third-order valence-corrected chi connectivity index (χ3v) is 14.9. The van der Waals surface area contributed by atoms with Crippen LogP contribution in [0, 0.1) is 11.3 Å². The van der Waals surface area contributed by atoms with Crippen LogP contribution < -0.4 is 15.6 Å². The van der Waals surface area contributed by atoms with Crippen LogP contribution in [0.2, 0.25) is 0 Å². The maximum atomic E-state index is 14.4. The molecule has 1 aromatic carbocycles. The van der Waals surface area contributed by atoms with E-state index < -0.39 is 23.1 Å². The van der Waals surface area contributed by atoms with Gasteiger partial charge in [0.2, 0.25) is 0 Å². The van der Waals surface area contributed by atoms with Crippen molar-refractivity contribution < 1.29 is 28.6 Å². The summed E-state index contributed by atoms with van der Waals surface area (Å²) >= 11 is 1.50. The number of hydrogen-bond acceptors (Lipinski definition) is 12. The summed E-state index contributed by atoms with van der Waals surface area (Å²) in [4.78, 5) is 57.2. The first-order chi connectivity index (χ1) is 29.4. The first-order valence-electron chi connectivity index (χ1n) is 22.2. The quantitative estimate of drug-likeness (QED) is 0.252. The maximum Gasteiger partial charge on any atom is 0.324 e. The SMILES string of the molecule is CO[C@@H](C)c1ncc(N2CCN(C)CC2)cc1-c1c2c3cc(cc4c3n1CCC4)-c1csc(n1)C[C@H](NC(=O)C13CC(CO1)C3)C(=O)N1CCC[C@H](N1)C(=O)OCC(C)(C)C2. The van der Waals surface area contributed by atoms with Crippen molar-refractivity contribution in [1.82, 2.24) is 35.2 Å². The zero-order chi connectivity index (χ0) is 42.2. The van der Waals surface area contributed by atoms with Crippen molar-refractivity contribution in [1.29, 1.82) is 0 Å². The number of benzene rings is 1. The Balaban J connectivity index is 1.11. The number of nitrogens with one attached hydrogen (secondary N) is 2. The van der Waals surface area contributed by atoms with Crippen molar-refractivity contribution in [2.45, 2.75) is 102 Å². The molecule has 11 rings (SSSR count). The highest BCUT2D eigenvalue weighted by molar-refractivity contribution is 7.10. The van der Waals surface area contributed by atoms with Gasteiger partial charge >= 0.3 is 5.97 Å². The number of thiazole rings is 1. The molecule has 14 nitrogen and oxygen atoms in total. The molecule has 0 radical (unpaired) electrons. The molecule has 6 aliphatic heterocycles. The van der Waals surface area contributed by atoms with Crippen molar-refractivity contribution in [2.24, 2.45) is 11.3 Å². The van der Waals surface area contributed by atoms with E-state index in [1.807, 2.05) is 6.20 Å². The molecule has 3 atom stereocenters. The summed E-state index contributed by atoms with van der Waals surface area (Å²) in [6.07, 6.45) is 7.04. The van der Waals surface area contributed by atoms with E-state index in [0.717, 1.165) is 89.9 Å². The van der Waals surface area contributed by atoms with Crippen molar-refractivity contribution in [3.05, 3.63) is 51.6 Å². The summed E-state index contributed by atoms with van der Waals surface area (Å²) in [6, 6.07) is 5.32. The molecule has 4 saturated heterocycles. The lowest BCUT2D eigenvalue weighted by Crippen LogP contribution is -2.62. The summed E-state index contributed by atoms with van der Waals surface area (Å²) < 4.78 is 20.6. The lowest BCUT2D eigenvalue weighted by molar-refractivity contribution is -0.156. The number of ether oxygens (including phenoxy) is 3. The van der Waals surface area contributed by atoms with Crippen LogP contribution in [0.3, 0.4) is 0 Å². The van der Waals surface area contributed by atoms with Gasteiger partial charge < -0.3 is 33.9 Å². The lowest BCUT2D eigenvalue weighted by Gasteiger charge is -2.38. The Morgan fingerprint density at radius 3 is 2.67 bits per heavy atom. The molecule has 0 spiro atoms. The third-order valence-electron chi connectivity index (χ3n) is 14.0. The number of piperazine rings is 1. The van der Waals surface area contributed by atoms with Gasteiger partial charge in [0.05, 0.1) is 58.8 Å². The Hall–Kier alpha value is -4.41. The van der Waals surface area contributed by atoms with Gasteiger partial charge in [0.25, 0.3) is 11.8 Å². The number of hydrogen-bond donors (Lipinski definition) is 2. The van der Waals surface area contributed by atoms with E-state index in [0.29, 0.717) is 51.2 Å². The molecule has 1 aliphatic carbocycles. The van der Waals surface area contributed by atoms with Crippen LogP contribution in [-0.2, 0) is 54.4 Å². The number of fused-ring (bicyclic) bond motifs is 7. The maximum absolute atomic E-state index is 14.4. The number of pyridine rings is 1. The zero-order valence-electron chi connectivity index (χ0n) is 36.1.